The van der Waals surface area contributed by atoms with Gasteiger partial charge in [-0.05, 0) is 30.7 Å². The molecular weight excluding hydrogens is 334 g/mol. The molecular formula is C18H13N5OS. The number of aromatic nitrogens is 4. The van der Waals surface area contributed by atoms with E-state index in [1.54, 1.807) is 42.1 Å². The molecule has 1 N–H and O–H groups in total. The molecule has 1 amide bonds. The number of pyridine rings is 1. The van der Waals surface area contributed by atoms with Crippen molar-refractivity contribution in [2.24, 2.45) is 0 Å². The van der Waals surface area contributed by atoms with Crippen LogP contribution >= 0.6 is 11.3 Å². The highest BCUT2D eigenvalue weighted by Gasteiger charge is 2.09. The molecule has 4 rings (SSSR count). The minimum absolute atomic E-state index is 0.268. The molecule has 7 heteroatoms. The van der Waals surface area contributed by atoms with Gasteiger partial charge in [0.2, 0.25) is 5.95 Å². The van der Waals surface area contributed by atoms with Crippen LogP contribution in [0.1, 0.15) is 15.4 Å². The zero-order valence-electron chi connectivity index (χ0n) is 13.3. The summed E-state index contributed by atoms with van der Waals surface area (Å²) in [6.45, 7) is 1.98. The van der Waals surface area contributed by atoms with Gasteiger partial charge in [0.1, 0.15) is 0 Å². The third-order valence-corrected chi connectivity index (χ3v) is 4.62. The minimum Gasteiger partial charge on any atom is -0.290 e. The van der Waals surface area contributed by atoms with Gasteiger partial charge in [0.25, 0.3) is 5.91 Å². The van der Waals surface area contributed by atoms with E-state index in [2.05, 4.69) is 25.3 Å². The lowest BCUT2D eigenvalue weighted by Gasteiger charge is -2.05. The molecule has 25 heavy (non-hydrogen) atoms. The highest BCUT2D eigenvalue weighted by atomic mass is 32.1. The third-order valence-electron chi connectivity index (χ3n) is 3.66. The number of amides is 1. The number of carbonyl (C=O) groups is 1. The van der Waals surface area contributed by atoms with Crippen LogP contribution in [-0.4, -0.2) is 25.8 Å². The Hall–Kier alpha value is -3.19. The second-order valence-electron chi connectivity index (χ2n) is 5.40. The lowest BCUT2D eigenvalue weighted by Crippen LogP contribution is -2.14. The van der Waals surface area contributed by atoms with Gasteiger partial charge in [-0.15, -0.1) is 11.3 Å². The average molecular weight is 347 g/mol. The quantitative estimate of drug-likeness (QED) is 0.611. The monoisotopic (exact) mass is 347 g/mol. The van der Waals surface area contributed by atoms with Crippen LogP contribution in [0.3, 0.4) is 0 Å². The molecule has 0 aliphatic carbocycles. The van der Waals surface area contributed by atoms with E-state index in [-0.39, 0.29) is 11.9 Å². The topological polar surface area (TPSA) is 80.7 Å². The molecule has 122 valence electrons. The largest absolute Gasteiger partial charge is 0.290 e. The van der Waals surface area contributed by atoms with Crippen molar-refractivity contribution in [2.75, 3.05) is 5.32 Å². The summed E-state index contributed by atoms with van der Waals surface area (Å²) >= 11 is 1.63. The Bertz CT molecular complexity index is 1060. The fraction of sp³-hybridized carbons (Fsp3) is 0.0556. The molecule has 0 saturated heterocycles. The van der Waals surface area contributed by atoms with E-state index in [1.807, 2.05) is 31.3 Å². The van der Waals surface area contributed by atoms with Crippen LogP contribution in [0.4, 0.5) is 5.95 Å². The second kappa shape index (κ2) is 6.37. The molecule has 0 fully saturated rings. The van der Waals surface area contributed by atoms with Crippen LogP contribution in [0.25, 0.3) is 21.3 Å². The van der Waals surface area contributed by atoms with Crippen molar-refractivity contribution in [3.8, 4) is 10.4 Å². The van der Waals surface area contributed by atoms with Crippen molar-refractivity contribution in [1.82, 2.24) is 19.9 Å². The lowest BCUT2D eigenvalue weighted by molar-refractivity contribution is 0.102. The first kappa shape index (κ1) is 15.3. The summed E-state index contributed by atoms with van der Waals surface area (Å²) < 4.78 is 0. The summed E-state index contributed by atoms with van der Waals surface area (Å²) in [6, 6.07) is 9.25. The normalized spacial score (nSPS) is 10.8. The van der Waals surface area contributed by atoms with Crippen LogP contribution in [0, 0.1) is 6.92 Å². The Morgan fingerprint density at radius 1 is 1.08 bits per heavy atom. The first-order chi connectivity index (χ1) is 12.2. The molecule has 3 heterocycles. The maximum Gasteiger partial charge on any atom is 0.258 e. The highest BCUT2D eigenvalue weighted by Crippen LogP contribution is 2.28. The fourth-order valence-electron chi connectivity index (χ4n) is 2.41. The van der Waals surface area contributed by atoms with Crippen molar-refractivity contribution in [2.45, 2.75) is 6.92 Å². The van der Waals surface area contributed by atoms with E-state index in [9.17, 15) is 4.79 Å². The smallest absolute Gasteiger partial charge is 0.258 e. The maximum absolute atomic E-state index is 12.2. The average Bonchev–Trinajstić information content (AvgIpc) is 3.08. The number of nitrogens with one attached hydrogen (secondary N) is 1. The molecule has 4 aromatic rings. The van der Waals surface area contributed by atoms with Crippen LogP contribution in [-0.2, 0) is 0 Å². The van der Waals surface area contributed by atoms with Gasteiger partial charge < -0.3 is 0 Å². The van der Waals surface area contributed by atoms with Crippen molar-refractivity contribution in [3.63, 3.8) is 0 Å². The number of thiazole rings is 1. The number of nitrogens with zero attached hydrogens (tertiary/aromatic N) is 4. The van der Waals surface area contributed by atoms with E-state index < -0.39 is 0 Å². The van der Waals surface area contributed by atoms with E-state index in [0.717, 1.165) is 26.4 Å². The van der Waals surface area contributed by atoms with Gasteiger partial charge >= 0.3 is 0 Å². The van der Waals surface area contributed by atoms with E-state index in [1.165, 1.54) is 0 Å². The summed E-state index contributed by atoms with van der Waals surface area (Å²) in [7, 11) is 0. The van der Waals surface area contributed by atoms with Gasteiger partial charge in [-0.1, -0.05) is 12.1 Å². The van der Waals surface area contributed by atoms with Gasteiger partial charge in [0.15, 0.2) is 0 Å². The van der Waals surface area contributed by atoms with Crippen molar-refractivity contribution in [1.29, 1.82) is 0 Å². The number of anilines is 1. The molecule has 3 aromatic heterocycles. The highest BCUT2D eigenvalue weighted by molar-refractivity contribution is 7.15. The number of aryl methyl sites for hydroxylation is 1. The number of benzene rings is 1. The molecule has 0 bridgehead atoms. The Morgan fingerprint density at radius 3 is 2.68 bits per heavy atom. The molecule has 0 aliphatic heterocycles. The fourth-order valence-corrected chi connectivity index (χ4v) is 3.18. The predicted octanol–water partition coefficient (Wildman–Crippen LogP) is 3.71. The number of fused-ring (bicyclic) bond motifs is 1. The van der Waals surface area contributed by atoms with Gasteiger partial charge in [-0.25, -0.2) is 15.0 Å². The first-order valence-electron chi connectivity index (χ1n) is 7.60. The van der Waals surface area contributed by atoms with Gasteiger partial charge in [-0.3, -0.25) is 15.1 Å². The molecule has 0 radical (unpaired) electrons. The molecule has 0 aliphatic rings. The Morgan fingerprint density at radius 2 is 1.92 bits per heavy atom. The standard InChI is InChI=1S/C18H13N5OS/c1-11-20-10-16(25-11)13-2-3-14-9-21-18(22-15(14)8-13)23-17(24)12-4-6-19-7-5-12/h2-10H,1H3,(H,21,22,23,24). The van der Waals surface area contributed by atoms with E-state index in [0.29, 0.717) is 5.56 Å². The predicted molar refractivity (Wildman–Crippen MR) is 97.6 cm³/mol. The lowest BCUT2D eigenvalue weighted by atomic mass is 10.1. The van der Waals surface area contributed by atoms with Gasteiger partial charge in [0.05, 0.1) is 15.4 Å². The van der Waals surface area contributed by atoms with E-state index >= 15 is 0 Å². The number of hydrogen-bond donors (Lipinski definition) is 1. The minimum atomic E-state index is -0.268. The molecule has 0 spiro atoms. The first-order valence-corrected chi connectivity index (χ1v) is 8.42. The Kier molecular flexibility index (Phi) is 3.91. The van der Waals surface area contributed by atoms with Crippen LogP contribution in [0.15, 0.2) is 55.1 Å². The second-order valence-corrected chi connectivity index (χ2v) is 6.64. The maximum atomic E-state index is 12.2. The number of rotatable bonds is 3. The summed E-state index contributed by atoms with van der Waals surface area (Å²) in [6.07, 6.45) is 6.69. The van der Waals surface area contributed by atoms with Crippen molar-refractivity contribution >= 4 is 34.1 Å². The van der Waals surface area contributed by atoms with Crippen molar-refractivity contribution in [3.05, 3.63) is 65.7 Å². The molecule has 0 saturated carbocycles. The SMILES string of the molecule is Cc1ncc(-c2ccc3cnc(NC(=O)c4ccncc4)nc3c2)s1. The summed E-state index contributed by atoms with van der Waals surface area (Å²) in [5, 5.41) is 4.64. The van der Waals surface area contributed by atoms with E-state index in [4.69, 9.17) is 0 Å². The summed E-state index contributed by atoms with van der Waals surface area (Å²) in [5.41, 5.74) is 2.32. The Balaban J connectivity index is 1.66. The molecule has 6 nitrogen and oxygen atoms in total. The zero-order valence-corrected chi connectivity index (χ0v) is 14.1. The van der Waals surface area contributed by atoms with Crippen LogP contribution in [0.5, 0.6) is 0 Å². The molecule has 1 aromatic carbocycles. The Labute approximate surface area is 147 Å². The van der Waals surface area contributed by atoms with Crippen LogP contribution < -0.4 is 5.32 Å². The summed E-state index contributed by atoms with van der Waals surface area (Å²) in [5.74, 6) is 0.00272. The number of carbonyl (C=O) groups excluding carboxylic acids is 1. The van der Waals surface area contributed by atoms with Crippen LogP contribution in [0.2, 0.25) is 0 Å². The molecule has 0 unspecified atom stereocenters. The summed E-state index contributed by atoms with van der Waals surface area (Å²) in [4.78, 5) is 30.2. The van der Waals surface area contributed by atoms with Crippen molar-refractivity contribution < 1.29 is 4.79 Å². The van der Waals surface area contributed by atoms with Gasteiger partial charge in [0, 0.05) is 35.7 Å². The van der Waals surface area contributed by atoms with Gasteiger partial charge in [-0.2, -0.15) is 0 Å². The number of hydrogen-bond acceptors (Lipinski definition) is 6. The zero-order chi connectivity index (χ0) is 17.2. The molecule has 0 atom stereocenters. The third kappa shape index (κ3) is 3.22.